The van der Waals surface area contributed by atoms with E-state index in [1.165, 1.54) is 6.92 Å². The Morgan fingerprint density at radius 1 is 1.50 bits per heavy atom. The summed E-state index contributed by atoms with van der Waals surface area (Å²) >= 11 is 0. The van der Waals surface area contributed by atoms with Gasteiger partial charge in [-0.05, 0) is 6.07 Å². The van der Waals surface area contributed by atoms with Crippen molar-refractivity contribution in [3.05, 3.63) is 35.7 Å². The predicted molar refractivity (Wildman–Crippen MR) is 44.0 cm³/mol. The van der Waals surface area contributed by atoms with E-state index < -0.39 is 5.97 Å². The zero-order chi connectivity index (χ0) is 8.97. The molecule has 0 unspecified atom stereocenters. The summed E-state index contributed by atoms with van der Waals surface area (Å²) in [5.74, 6) is -0.0916. The monoisotopic (exact) mass is 161 g/mol. The Morgan fingerprint density at radius 2 is 2.17 bits per heavy atom. The Kier molecular flexibility index (Phi) is 2.44. The second-order valence-corrected chi connectivity index (χ2v) is 2.17. The molecule has 0 heterocycles. The number of carbonyl (C=O) groups is 1. The number of nitrogens with zero attached hydrogens (tertiary/aromatic N) is 1. The molecule has 0 aliphatic rings. The van der Waals surface area contributed by atoms with Crippen LogP contribution >= 0.6 is 0 Å². The molecule has 0 spiro atoms. The first kappa shape index (κ1) is 8.28. The lowest BCUT2D eigenvalue weighted by Crippen LogP contribution is -2.00. The molecule has 12 heavy (non-hydrogen) atoms. The normalized spacial score (nSPS) is 8.67. The molecule has 0 aliphatic carbocycles. The average molecular weight is 161 g/mol. The molecule has 0 N–H and O–H groups in total. The van der Waals surface area contributed by atoms with Crippen molar-refractivity contribution in [3.8, 4) is 5.75 Å². The molecule has 3 heteroatoms. The second-order valence-electron chi connectivity index (χ2n) is 2.17. The molecular formula is C9H7NO2. The molecule has 0 fully saturated rings. The highest BCUT2D eigenvalue weighted by molar-refractivity contribution is 5.72. The van der Waals surface area contributed by atoms with Crippen molar-refractivity contribution in [1.29, 1.82) is 0 Å². The summed E-state index contributed by atoms with van der Waals surface area (Å²) in [4.78, 5) is 13.8. The average Bonchev–Trinajstić information content (AvgIpc) is 2.04. The SMILES string of the molecule is [C-]#[N+]c1ccccc1OC(C)=O. The Hall–Kier alpha value is -1.82. The van der Waals surface area contributed by atoms with Crippen LogP contribution in [0.15, 0.2) is 24.3 Å². The molecule has 60 valence electrons. The predicted octanol–water partition coefficient (Wildman–Crippen LogP) is 2.16. The lowest BCUT2D eigenvalue weighted by molar-refractivity contribution is -0.131. The summed E-state index contributed by atoms with van der Waals surface area (Å²) in [7, 11) is 0. The van der Waals surface area contributed by atoms with Gasteiger partial charge in [-0.3, -0.25) is 4.79 Å². The van der Waals surface area contributed by atoms with Crippen molar-refractivity contribution in [2.75, 3.05) is 0 Å². The van der Waals surface area contributed by atoms with Gasteiger partial charge in [0, 0.05) is 6.92 Å². The van der Waals surface area contributed by atoms with Gasteiger partial charge in [-0.2, -0.15) is 0 Å². The Balaban J connectivity index is 2.99. The van der Waals surface area contributed by atoms with Gasteiger partial charge in [-0.25, -0.2) is 4.85 Å². The van der Waals surface area contributed by atoms with Crippen LogP contribution in [-0.4, -0.2) is 5.97 Å². The first-order valence-electron chi connectivity index (χ1n) is 3.39. The number of para-hydroxylation sites is 2. The van der Waals surface area contributed by atoms with Gasteiger partial charge in [0.05, 0.1) is 6.57 Å². The van der Waals surface area contributed by atoms with E-state index in [-0.39, 0.29) is 0 Å². The van der Waals surface area contributed by atoms with Crippen molar-refractivity contribution < 1.29 is 9.53 Å². The molecule has 0 saturated carbocycles. The Labute approximate surface area is 70.4 Å². The molecule has 0 amide bonds. The smallest absolute Gasteiger partial charge is 0.306 e. The standard InChI is InChI=1S/C9H7NO2/c1-7(11)12-9-6-4-3-5-8(9)10-2/h3-6H,1H3. The van der Waals surface area contributed by atoms with Crippen LogP contribution in [0.25, 0.3) is 4.85 Å². The molecular weight excluding hydrogens is 154 g/mol. The lowest BCUT2D eigenvalue weighted by Gasteiger charge is -2.01. The number of ether oxygens (including phenoxy) is 1. The molecule has 0 aliphatic heterocycles. The Morgan fingerprint density at radius 3 is 2.75 bits per heavy atom. The summed E-state index contributed by atoms with van der Waals surface area (Å²) in [5.41, 5.74) is 0.354. The van der Waals surface area contributed by atoms with Gasteiger partial charge in [0.15, 0.2) is 0 Å². The van der Waals surface area contributed by atoms with Gasteiger partial charge >= 0.3 is 5.97 Å². The number of hydrogen-bond acceptors (Lipinski definition) is 2. The van der Waals surface area contributed by atoms with Crippen LogP contribution in [0.1, 0.15) is 6.92 Å². The highest BCUT2D eigenvalue weighted by Gasteiger charge is 2.03. The molecule has 0 bridgehead atoms. The van der Waals surface area contributed by atoms with E-state index in [0.29, 0.717) is 11.4 Å². The van der Waals surface area contributed by atoms with Gasteiger partial charge in [-0.15, -0.1) is 0 Å². The molecule has 1 rings (SSSR count). The first-order valence-corrected chi connectivity index (χ1v) is 3.39. The molecule has 0 radical (unpaired) electrons. The quantitative estimate of drug-likeness (QED) is 0.359. The summed E-state index contributed by atoms with van der Waals surface area (Å²) in [6.07, 6.45) is 0. The maximum Gasteiger partial charge on any atom is 0.306 e. The summed E-state index contributed by atoms with van der Waals surface area (Å²) < 4.78 is 4.78. The Bertz CT molecular complexity index is 339. The van der Waals surface area contributed by atoms with E-state index in [2.05, 4.69) is 4.85 Å². The number of rotatable bonds is 1. The van der Waals surface area contributed by atoms with Gasteiger partial charge in [-0.1, -0.05) is 18.2 Å². The van der Waals surface area contributed by atoms with Crippen molar-refractivity contribution in [3.63, 3.8) is 0 Å². The zero-order valence-corrected chi connectivity index (χ0v) is 6.57. The second kappa shape index (κ2) is 3.54. The molecule has 0 atom stereocenters. The fourth-order valence-corrected chi connectivity index (χ4v) is 0.791. The maximum absolute atomic E-state index is 10.6. The first-order chi connectivity index (χ1) is 5.74. The van der Waals surface area contributed by atoms with Crippen LogP contribution in [0, 0.1) is 6.57 Å². The van der Waals surface area contributed by atoms with Gasteiger partial charge < -0.3 is 4.74 Å². The third kappa shape index (κ3) is 1.83. The van der Waals surface area contributed by atoms with E-state index in [1.54, 1.807) is 24.3 Å². The highest BCUT2D eigenvalue weighted by Crippen LogP contribution is 2.26. The number of hydrogen-bond donors (Lipinski definition) is 0. The summed E-state index contributed by atoms with van der Waals surface area (Å²) in [5, 5.41) is 0. The number of esters is 1. The van der Waals surface area contributed by atoms with E-state index in [0.717, 1.165) is 0 Å². The molecule has 0 aromatic heterocycles. The van der Waals surface area contributed by atoms with Crippen LogP contribution < -0.4 is 4.74 Å². The van der Waals surface area contributed by atoms with Crippen molar-refractivity contribution in [2.24, 2.45) is 0 Å². The maximum atomic E-state index is 10.6. The van der Waals surface area contributed by atoms with E-state index >= 15 is 0 Å². The van der Waals surface area contributed by atoms with Gasteiger partial charge in [0.25, 0.3) is 0 Å². The van der Waals surface area contributed by atoms with Crippen molar-refractivity contribution in [1.82, 2.24) is 0 Å². The fraction of sp³-hybridized carbons (Fsp3) is 0.111. The van der Waals surface area contributed by atoms with Crippen LogP contribution in [0.5, 0.6) is 5.75 Å². The van der Waals surface area contributed by atoms with Crippen LogP contribution in [-0.2, 0) is 4.79 Å². The zero-order valence-electron chi connectivity index (χ0n) is 6.57. The van der Waals surface area contributed by atoms with E-state index in [4.69, 9.17) is 11.3 Å². The third-order valence-electron chi connectivity index (χ3n) is 1.24. The van der Waals surface area contributed by atoms with Crippen LogP contribution in [0.3, 0.4) is 0 Å². The minimum atomic E-state index is -0.411. The lowest BCUT2D eigenvalue weighted by atomic mass is 10.3. The highest BCUT2D eigenvalue weighted by atomic mass is 16.5. The number of benzene rings is 1. The molecule has 1 aromatic carbocycles. The largest absolute Gasteiger partial charge is 0.439 e. The van der Waals surface area contributed by atoms with Crippen LogP contribution in [0.2, 0.25) is 0 Å². The molecule has 0 saturated heterocycles. The summed E-state index contributed by atoms with van der Waals surface area (Å²) in [6.45, 7) is 8.07. The van der Waals surface area contributed by atoms with E-state index in [9.17, 15) is 4.79 Å². The van der Waals surface area contributed by atoms with Crippen molar-refractivity contribution >= 4 is 11.7 Å². The molecule has 1 aromatic rings. The van der Waals surface area contributed by atoms with Crippen LogP contribution in [0.4, 0.5) is 5.69 Å². The minimum Gasteiger partial charge on any atom is -0.439 e. The fourth-order valence-electron chi connectivity index (χ4n) is 0.791. The van der Waals surface area contributed by atoms with Gasteiger partial charge in [0.1, 0.15) is 5.75 Å². The molecule has 3 nitrogen and oxygen atoms in total. The summed E-state index contributed by atoms with van der Waals surface area (Å²) in [6, 6.07) is 6.63. The third-order valence-corrected chi connectivity index (χ3v) is 1.24. The minimum absolute atomic E-state index is 0.319. The topological polar surface area (TPSA) is 30.7 Å². The van der Waals surface area contributed by atoms with Gasteiger partial charge in [0.2, 0.25) is 5.69 Å². The van der Waals surface area contributed by atoms with E-state index in [1.807, 2.05) is 0 Å². The van der Waals surface area contributed by atoms with Crippen molar-refractivity contribution in [2.45, 2.75) is 6.92 Å². The number of carbonyl (C=O) groups excluding carboxylic acids is 1.